The topological polar surface area (TPSA) is 91.8 Å². The van der Waals surface area contributed by atoms with E-state index < -0.39 is 17.6 Å². The number of carbonyl (C=O) groups excluding carboxylic acids is 1. The highest BCUT2D eigenvalue weighted by atomic mass is 35.5. The number of carboxylic acid groups (broad SMARTS) is 1. The maximum atomic E-state index is 12.2. The van der Waals surface area contributed by atoms with Gasteiger partial charge in [-0.15, -0.1) is 0 Å². The zero-order chi connectivity index (χ0) is 19.7. The molecule has 2 N–H and O–H groups in total. The molecule has 0 bridgehead atoms. The van der Waals surface area contributed by atoms with Crippen molar-refractivity contribution in [3.05, 3.63) is 64.9 Å². The van der Waals surface area contributed by atoms with Crippen LogP contribution in [0.1, 0.15) is 11.3 Å². The third kappa shape index (κ3) is 3.38. The van der Waals surface area contributed by atoms with E-state index >= 15 is 0 Å². The number of carbonyl (C=O) groups is 2. The monoisotopic (exact) mass is 401 g/mol. The second-order valence-electron chi connectivity index (χ2n) is 7.20. The zero-order valence-electron chi connectivity index (χ0n) is 15.0. The van der Waals surface area contributed by atoms with Gasteiger partial charge in [0.15, 0.2) is 0 Å². The molecule has 3 atom stereocenters. The van der Waals surface area contributed by atoms with E-state index in [9.17, 15) is 14.7 Å². The highest BCUT2D eigenvalue weighted by Crippen LogP contribution is 2.62. The van der Waals surface area contributed by atoms with Gasteiger partial charge in [0.2, 0.25) is 0 Å². The lowest BCUT2D eigenvalue weighted by molar-refractivity contribution is 0.134. The summed E-state index contributed by atoms with van der Waals surface area (Å²) in [6, 6.07) is 14.8. The van der Waals surface area contributed by atoms with E-state index in [2.05, 4.69) is 10.3 Å². The minimum absolute atomic E-state index is 0.101. The Morgan fingerprint density at radius 2 is 1.89 bits per heavy atom. The van der Waals surface area contributed by atoms with E-state index in [0.717, 1.165) is 11.3 Å². The number of alkyl carbamates (subject to hydrolysis) is 1. The fourth-order valence-electron chi connectivity index (χ4n) is 4.28. The summed E-state index contributed by atoms with van der Waals surface area (Å²) in [5.41, 5.74) is 1.27. The Labute approximate surface area is 167 Å². The molecule has 4 rings (SSSR count). The van der Waals surface area contributed by atoms with E-state index in [1.807, 2.05) is 42.5 Å². The molecule has 1 aromatic heterocycles. The van der Waals surface area contributed by atoms with Gasteiger partial charge in [-0.2, -0.15) is 0 Å². The highest BCUT2D eigenvalue weighted by Gasteiger charge is 2.70. The second-order valence-corrected chi connectivity index (χ2v) is 7.59. The van der Waals surface area contributed by atoms with Crippen LogP contribution in [-0.2, 0) is 16.8 Å². The fourth-order valence-corrected chi connectivity index (χ4v) is 4.45. The first-order chi connectivity index (χ1) is 13.5. The van der Waals surface area contributed by atoms with Gasteiger partial charge in [0, 0.05) is 25.0 Å². The first-order valence-corrected chi connectivity index (χ1v) is 9.44. The number of amides is 2. The molecule has 28 heavy (non-hydrogen) atoms. The Hall–Kier alpha value is -2.80. The van der Waals surface area contributed by atoms with E-state index in [-0.39, 0.29) is 18.4 Å². The average molecular weight is 402 g/mol. The number of halogens is 1. The van der Waals surface area contributed by atoms with Gasteiger partial charge in [-0.05, 0) is 29.5 Å². The van der Waals surface area contributed by atoms with Gasteiger partial charge in [0.1, 0.15) is 11.8 Å². The number of hydrogen-bond donors (Lipinski definition) is 2. The van der Waals surface area contributed by atoms with Crippen molar-refractivity contribution in [2.24, 2.45) is 11.8 Å². The summed E-state index contributed by atoms with van der Waals surface area (Å²) >= 11 is 6.07. The Kier molecular flexibility index (Phi) is 4.85. The molecule has 1 saturated heterocycles. The summed E-state index contributed by atoms with van der Waals surface area (Å²) in [4.78, 5) is 29.3. The molecule has 2 aliphatic rings. The molecular formula is C20H20ClN3O4. The summed E-state index contributed by atoms with van der Waals surface area (Å²) in [5.74, 6) is 0.202. The van der Waals surface area contributed by atoms with Gasteiger partial charge >= 0.3 is 12.2 Å². The SMILES string of the molecule is O=C(NCC1(c2cccc(Cl)n2)[C@@H]2CN(C(=O)O)C[C@@H]21)OCc1ccccc1. The molecular weight excluding hydrogens is 382 g/mol. The third-order valence-corrected chi connectivity index (χ3v) is 5.95. The van der Waals surface area contributed by atoms with E-state index in [1.165, 1.54) is 4.90 Å². The molecule has 8 heteroatoms. The van der Waals surface area contributed by atoms with Crippen molar-refractivity contribution in [3.8, 4) is 0 Å². The van der Waals surface area contributed by atoms with Crippen LogP contribution in [0.5, 0.6) is 0 Å². The molecule has 146 valence electrons. The quantitative estimate of drug-likeness (QED) is 0.751. The number of rotatable bonds is 5. The predicted molar refractivity (Wildman–Crippen MR) is 102 cm³/mol. The summed E-state index contributed by atoms with van der Waals surface area (Å²) in [6.07, 6.45) is -1.43. The number of likely N-dealkylation sites (tertiary alicyclic amines) is 1. The first-order valence-electron chi connectivity index (χ1n) is 9.06. The zero-order valence-corrected chi connectivity index (χ0v) is 15.8. The van der Waals surface area contributed by atoms with Crippen molar-refractivity contribution < 1.29 is 19.4 Å². The van der Waals surface area contributed by atoms with Crippen LogP contribution in [0.3, 0.4) is 0 Å². The van der Waals surface area contributed by atoms with E-state index in [1.54, 1.807) is 6.07 Å². The molecule has 2 heterocycles. The summed E-state index contributed by atoms with van der Waals surface area (Å²) < 4.78 is 5.29. The Morgan fingerprint density at radius 3 is 2.54 bits per heavy atom. The molecule has 1 aliphatic heterocycles. The molecule has 0 radical (unpaired) electrons. The van der Waals surface area contributed by atoms with Crippen molar-refractivity contribution in [3.63, 3.8) is 0 Å². The fraction of sp³-hybridized carbons (Fsp3) is 0.350. The lowest BCUT2D eigenvalue weighted by Crippen LogP contribution is -2.41. The molecule has 1 unspecified atom stereocenters. The predicted octanol–water partition coefficient (Wildman–Crippen LogP) is 3.14. The number of hydrogen-bond acceptors (Lipinski definition) is 4. The van der Waals surface area contributed by atoms with Crippen LogP contribution in [0.15, 0.2) is 48.5 Å². The first kappa shape index (κ1) is 18.6. The number of ether oxygens (including phenoxy) is 1. The number of piperidine rings is 1. The lowest BCUT2D eigenvalue weighted by Gasteiger charge is -2.25. The average Bonchev–Trinajstić information content (AvgIpc) is 3.06. The second kappa shape index (κ2) is 7.31. The van der Waals surface area contributed by atoms with Crippen LogP contribution in [0, 0.1) is 11.8 Å². The summed E-state index contributed by atoms with van der Waals surface area (Å²) in [7, 11) is 0. The van der Waals surface area contributed by atoms with Gasteiger partial charge in [-0.25, -0.2) is 14.6 Å². The van der Waals surface area contributed by atoms with Crippen molar-refractivity contribution >= 4 is 23.8 Å². The molecule has 2 amide bonds. The van der Waals surface area contributed by atoms with Crippen molar-refractivity contribution in [1.82, 2.24) is 15.2 Å². The van der Waals surface area contributed by atoms with Gasteiger partial charge in [0.05, 0.1) is 5.69 Å². The number of benzene rings is 1. The van der Waals surface area contributed by atoms with E-state index in [0.29, 0.717) is 24.8 Å². The summed E-state index contributed by atoms with van der Waals surface area (Å²) in [5, 5.41) is 12.4. The maximum Gasteiger partial charge on any atom is 0.407 e. The van der Waals surface area contributed by atoms with Crippen molar-refractivity contribution in [2.45, 2.75) is 12.0 Å². The van der Waals surface area contributed by atoms with Crippen LogP contribution in [0.25, 0.3) is 0 Å². The maximum absolute atomic E-state index is 12.2. The Morgan fingerprint density at radius 1 is 1.18 bits per heavy atom. The molecule has 7 nitrogen and oxygen atoms in total. The molecule has 2 aromatic rings. The van der Waals surface area contributed by atoms with Crippen LogP contribution in [-0.4, -0.2) is 46.8 Å². The number of aromatic nitrogens is 1. The van der Waals surface area contributed by atoms with Crippen LogP contribution >= 0.6 is 11.6 Å². The van der Waals surface area contributed by atoms with Crippen LogP contribution < -0.4 is 5.32 Å². The number of nitrogens with one attached hydrogen (secondary N) is 1. The van der Waals surface area contributed by atoms with Gasteiger partial charge < -0.3 is 20.1 Å². The van der Waals surface area contributed by atoms with Gasteiger partial charge in [0.25, 0.3) is 0 Å². The molecule has 1 saturated carbocycles. The Balaban J connectivity index is 1.43. The largest absolute Gasteiger partial charge is 0.465 e. The molecule has 1 aliphatic carbocycles. The molecule has 0 spiro atoms. The highest BCUT2D eigenvalue weighted by molar-refractivity contribution is 6.29. The molecule has 1 aromatic carbocycles. The van der Waals surface area contributed by atoms with E-state index in [4.69, 9.17) is 16.3 Å². The normalized spacial score (nSPS) is 25.1. The third-order valence-electron chi connectivity index (χ3n) is 5.73. The minimum atomic E-state index is -0.921. The minimum Gasteiger partial charge on any atom is -0.465 e. The van der Waals surface area contributed by atoms with Crippen LogP contribution in [0.4, 0.5) is 9.59 Å². The lowest BCUT2D eigenvalue weighted by atomic mass is 9.94. The van der Waals surface area contributed by atoms with Gasteiger partial charge in [-0.3, -0.25) is 0 Å². The number of fused-ring (bicyclic) bond motifs is 1. The smallest absolute Gasteiger partial charge is 0.407 e. The van der Waals surface area contributed by atoms with Crippen molar-refractivity contribution in [2.75, 3.05) is 19.6 Å². The summed E-state index contributed by atoms with van der Waals surface area (Å²) in [6.45, 7) is 1.37. The standard InChI is InChI=1S/C20H20ClN3O4/c21-17-8-4-7-16(23-17)20(14-9-24(19(26)27)10-15(14)20)12-22-18(25)28-11-13-5-2-1-3-6-13/h1-8,14-15H,9-12H2,(H,22,25)(H,26,27)/t14-,15+,20?. The molecule has 2 fully saturated rings. The van der Waals surface area contributed by atoms with Crippen LogP contribution in [0.2, 0.25) is 5.15 Å². The number of nitrogens with zero attached hydrogens (tertiary/aromatic N) is 2. The number of pyridine rings is 1. The Bertz CT molecular complexity index is 880. The van der Waals surface area contributed by atoms with Crippen molar-refractivity contribution in [1.29, 1.82) is 0 Å². The van der Waals surface area contributed by atoms with Gasteiger partial charge in [-0.1, -0.05) is 48.0 Å².